The summed E-state index contributed by atoms with van der Waals surface area (Å²) in [5, 5.41) is 19.1. The number of carbonyl (C=O) groups excluding carboxylic acids is 1. The molecule has 1 N–H and O–H groups in total. The molecule has 0 fully saturated rings. The molecule has 0 aliphatic heterocycles. The van der Waals surface area contributed by atoms with Gasteiger partial charge in [0.2, 0.25) is 5.91 Å². The molecule has 0 unspecified atom stereocenters. The van der Waals surface area contributed by atoms with E-state index in [9.17, 15) is 9.59 Å². The molecule has 0 atom stereocenters. The molecular weight excluding hydrogens is 374 g/mol. The number of tetrazole rings is 1. The molecule has 11 nitrogen and oxygen atoms in total. The van der Waals surface area contributed by atoms with Gasteiger partial charge in [-0.2, -0.15) is 5.10 Å². The number of aryl methyl sites for hydroxylation is 1. The van der Waals surface area contributed by atoms with Crippen molar-refractivity contribution in [3.63, 3.8) is 0 Å². The van der Waals surface area contributed by atoms with Crippen LogP contribution in [0.25, 0.3) is 22.4 Å². The van der Waals surface area contributed by atoms with Crippen LogP contribution in [-0.2, 0) is 18.4 Å². The number of anilines is 1. The average Bonchev–Trinajstić information content (AvgIpc) is 3.32. The maximum atomic E-state index is 12.6. The van der Waals surface area contributed by atoms with Crippen molar-refractivity contribution in [2.75, 3.05) is 5.32 Å². The summed E-state index contributed by atoms with van der Waals surface area (Å²) in [5.74, 6) is 0.180. The lowest BCUT2D eigenvalue weighted by atomic mass is 10.1. The zero-order chi connectivity index (χ0) is 20.5. The van der Waals surface area contributed by atoms with Crippen molar-refractivity contribution in [3.8, 4) is 11.4 Å². The van der Waals surface area contributed by atoms with Crippen LogP contribution in [0.15, 0.2) is 41.6 Å². The molecule has 0 saturated heterocycles. The molecule has 11 heteroatoms. The van der Waals surface area contributed by atoms with Crippen LogP contribution in [-0.4, -0.2) is 45.4 Å². The first-order valence-corrected chi connectivity index (χ1v) is 9.00. The predicted octanol–water partition coefficient (Wildman–Crippen LogP) is 1.00. The molecule has 4 aromatic rings. The fraction of sp³-hybridized carbons (Fsp3) is 0.278. The minimum Gasteiger partial charge on any atom is -0.324 e. The van der Waals surface area contributed by atoms with Crippen LogP contribution < -0.4 is 10.9 Å². The molecule has 0 saturated carbocycles. The maximum absolute atomic E-state index is 12.6. The van der Waals surface area contributed by atoms with Gasteiger partial charge in [-0.25, -0.2) is 9.67 Å². The topological polar surface area (TPSA) is 125 Å². The number of nitrogens with zero attached hydrogens (tertiary/aromatic N) is 8. The molecule has 1 aromatic carbocycles. The predicted molar refractivity (Wildman–Crippen MR) is 105 cm³/mol. The molecule has 0 bridgehead atoms. The molecule has 0 spiro atoms. The largest absolute Gasteiger partial charge is 0.324 e. The van der Waals surface area contributed by atoms with Crippen molar-refractivity contribution in [2.45, 2.75) is 26.4 Å². The molecule has 3 heterocycles. The van der Waals surface area contributed by atoms with E-state index in [0.29, 0.717) is 28.1 Å². The van der Waals surface area contributed by atoms with Gasteiger partial charge in [-0.15, -0.1) is 5.10 Å². The molecular formula is C18H19N9O2. The molecule has 29 heavy (non-hydrogen) atoms. The van der Waals surface area contributed by atoms with E-state index in [0.717, 1.165) is 0 Å². The highest BCUT2D eigenvalue weighted by Crippen LogP contribution is 2.27. The van der Waals surface area contributed by atoms with E-state index in [1.807, 2.05) is 26.0 Å². The van der Waals surface area contributed by atoms with Gasteiger partial charge in [0.1, 0.15) is 18.3 Å². The third-order valence-electron chi connectivity index (χ3n) is 4.46. The molecule has 0 radical (unpaired) electrons. The summed E-state index contributed by atoms with van der Waals surface area (Å²) < 4.78 is 4.44. The lowest BCUT2D eigenvalue weighted by Gasteiger charge is -2.13. The smallest absolute Gasteiger partial charge is 0.264 e. The lowest BCUT2D eigenvalue weighted by Crippen LogP contribution is -2.28. The van der Waals surface area contributed by atoms with E-state index in [4.69, 9.17) is 0 Å². The highest BCUT2D eigenvalue weighted by molar-refractivity contribution is 5.94. The van der Waals surface area contributed by atoms with E-state index < -0.39 is 0 Å². The van der Waals surface area contributed by atoms with Crippen LogP contribution >= 0.6 is 0 Å². The third-order valence-corrected chi connectivity index (χ3v) is 4.46. The van der Waals surface area contributed by atoms with Gasteiger partial charge in [0.05, 0.1) is 17.9 Å². The van der Waals surface area contributed by atoms with Crippen molar-refractivity contribution in [1.82, 2.24) is 39.5 Å². The number of carbonyl (C=O) groups is 1. The quantitative estimate of drug-likeness (QED) is 0.536. The Kier molecular flexibility index (Phi) is 4.63. The lowest BCUT2D eigenvalue weighted by molar-refractivity contribution is -0.116. The SMILES string of the molecule is CC(C)n1nnnc1-c1ccccc1NC(=O)Cn1cnc2c(cnn2C)c1=O. The summed E-state index contributed by atoms with van der Waals surface area (Å²) >= 11 is 0. The molecule has 3 aromatic heterocycles. The number of amides is 1. The Balaban J connectivity index is 1.61. The highest BCUT2D eigenvalue weighted by Gasteiger charge is 2.17. The number of hydrogen-bond acceptors (Lipinski definition) is 7. The highest BCUT2D eigenvalue weighted by atomic mass is 16.2. The Hall–Kier alpha value is -3.89. The Morgan fingerprint density at radius 1 is 1.24 bits per heavy atom. The maximum Gasteiger partial charge on any atom is 0.264 e. The van der Waals surface area contributed by atoms with Gasteiger partial charge in [0.15, 0.2) is 11.5 Å². The number of fused-ring (bicyclic) bond motifs is 1. The summed E-state index contributed by atoms with van der Waals surface area (Å²) in [5.41, 5.74) is 1.39. The van der Waals surface area contributed by atoms with Crippen molar-refractivity contribution in [2.24, 2.45) is 7.05 Å². The van der Waals surface area contributed by atoms with Gasteiger partial charge >= 0.3 is 0 Å². The molecule has 4 rings (SSSR count). The number of rotatable bonds is 5. The van der Waals surface area contributed by atoms with E-state index in [2.05, 4.69) is 30.9 Å². The first-order valence-electron chi connectivity index (χ1n) is 9.00. The summed E-state index contributed by atoms with van der Waals surface area (Å²) in [6.07, 6.45) is 2.79. The second kappa shape index (κ2) is 7.26. The first kappa shape index (κ1) is 18.5. The number of hydrogen-bond donors (Lipinski definition) is 1. The average molecular weight is 393 g/mol. The van der Waals surface area contributed by atoms with E-state index in [-0.39, 0.29) is 24.1 Å². The van der Waals surface area contributed by atoms with E-state index >= 15 is 0 Å². The van der Waals surface area contributed by atoms with Gasteiger partial charge in [-0.3, -0.25) is 18.8 Å². The van der Waals surface area contributed by atoms with Crippen LogP contribution in [0.4, 0.5) is 5.69 Å². The second-order valence-electron chi connectivity index (χ2n) is 6.82. The minimum atomic E-state index is -0.367. The number of nitrogens with one attached hydrogen (secondary N) is 1. The number of aromatic nitrogens is 8. The second-order valence-corrected chi connectivity index (χ2v) is 6.82. The molecule has 148 valence electrons. The molecule has 1 amide bonds. The van der Waals surface area contributed by atoms with Crippen molar-refractivity contribution >= 4 is 22.6 Å². The van der Waals surface area contributed by atoms with Crippen LogP contribution in [0.2, 0.25) is 0 Å². The van der Waals surface area contributed by atoms with Crippen molar-refractivity contribution < 1.29 is 4.79 Å². The summed E-state index contributed by atoms with van der Waals surface area (Å²) in [6, 6.07) is 7.29. The molecule has 0 aliphatic carbocycles. The third kappa shape index (κ3) is 3.37. The van der Waals surface area contributed by atoms with Crippen molar-refractivity contribution in [3.05, 3.63) is 47.1 Å². The Morgan fingerprint density at radius 3 is 2.83 bits per heavy atom. The number of para-hydroxylation sites is 1. The van der Waals surface area contributed by atoms with Gasteiger partial charge in [-0.05, 0) is 36.4 Å². The Morgan fingerprint density at radius 2 is 2.03 bits per heavy atom. The standard InChI is InChI=1S/C18H19N9O2/c1-11(2)27-17(22-23-24-27)12-6-4-5-7-14(12)21-15(28)9-26-10-19-16-13(18(26)29)8-20-25(16)3/h4-8,10-11H,9H2,1-3H3,(H,21,28). The van der Waals surface area contributed by atoms with E-state index in [1.54, 1.807) is 23.9 Å². The monoisotopic (exact) mass is 393 g/mol. The van der Waals surface area contributed by atoms with Crippen LogP contribution in [0.3, 0.4) is 0 Å². The van der Waals surface area contributed by atoms with Gasteiger partial charge in [-0.1, -0.05) is 12.1 Å². The Bertz CT molecular complexity index is 1250. The zero-order valence-electron chi connectivity index (χ0n) is 16.1. The number of benzene rings is 1. The normalized spacial score (nSPS) is 11.3. The Labute approximate surface area is 165 Å². The minimum absolute atomic E-state index is 0.0552. The van der Waals surface area contributed by atoms with Crippen molar-refractivity contribution in [1.29, 1.82) is 0 Å². The summed E-state index contributed by atoms with van der Waals surface area (Å²) in [6.45, 7) is 3.75. The first-order chi connectivity index (χ1) is 14.0. The van der Waals surface area contributed by atoms with Gasteiger partial charge < -0.3 is 5.32 Å². The van der Waals surface area contributed by atoms with Crippen LogP contribution in [0, 0.1) is 0 Å². The zero-order valence-corrected chi connectivity index (χ0v) is 16.1. The van der Waals surface area contributed by atoms with Crippen LogP contribution in [0.1, 0.15) is 19.9 Å². The van der Waals surface area contributed by atoms with Gasteiger partial charge in [0.25, 0.3) is 5.56 Å². The fourth-order valence-electron chi connectivity index (χ4n) is 3.03. The fourth-order valence-corrected chi connectivity index (χ4v) is 3.03. The summed E-state index contributed by atoms with van der Waals surface area (Å²) in [7, 11) is 1.70. The van der Waals surface area contributed by atoms with E-state index in [1.165, 1.54) is 21.8 Å². The van der Waals surface area contributed by atoms with Gasteiger partial charge in [0, 0.05) is 12.6 Å². The van der Waals surface area contributed by atoms with Crippen LogP contribution in [0.5, 0.6) is 0 Å². The molecule has 0 aliphatic rings. The summed E-state index contributed by atoms with van der Waals surface area (Å²) in [4.78, 5) is 29.4.